The van der Waals surface area contributed by atoms with Crippen molar-refractivity contribution in [3.05, 3.63) is 94.8 Å². The van der Waals surface area contributed by atoms with Gasteiger partial charge in [0.25, 0.3) is 5.91 Å². The van der Waals surface area contributed by atoms with Crippen molar-refractivity contribution in [2.75, 3.05) is 18.4 Å². The topological polar surface area (TPSA) is 61.9 Å². The van der Waals surface area contributed by atoms with Crippen LogP contribution in [-0.2, 0) is 6.54 Å². The second-order valence-electron chi connectivity index (χ2n) is 8.42. The zero-order valence-corrected chi connectivity index (χ0v) is 19.1. The molecule has 5 rings (SSSR count). The first-order chi connectivity index (χ1) is 16.5. The Balaban J connectivity index is 1.39. The van der Waals surface area contributed by atoms with Gasteiger partial charge in [0, 0.05) is 31.5 Å². The number of piperidine rings is 1. The molecule has 2 aliphatic rings. The van der Waals surface area contributed by atoms with E-state index in [1.165, 1.54) is 6.07 Å². The summed E-state index contributed by atoms with van der Waals surface area (Å²) in [6.45, 7) is 0.796. The molecule has 1 fully saturated rings. The molecule has 3 aromatic rings. The molecule has 1 saturated heterocycles. The van der Waals surface area contributed by atoms with Crippen molar-refractivity contribution in [2.45, 2.75) is 25.1 Å². The van der Waals surface area contributed by atoms with Crippen LogP contribution in [0.5, 0.6) is 5.75 Å². The molecule has 0 bridgehead atoms. The quantitative estimate of drug-likeness (QED) is 0.536. The molecule has 8 heteroatoms. The second-order valence-corrected chi connectivity index (χ2v) is 8.83. The summed E-state index contributed by atoms with van der Waals surface area (Å²) in [6.07, 6.45) is 0.773. The average molecular weight is 480 g/mol. The van der Waals surface area contributed by atoms with Crippen LogP contribution in [0, 0.1) is 5.82 Å². The van der Waals surface area contributed by atoms with Gasteiger partial charge in [-0.05, 0) is 30.3 Å². The van der Waals surface area contributed by atoms with Gasteiger partial charge in [0.05, 0.1) is 22.8 Å². The Morgan fingerprint density at radius 1 is 1.00 bits per heavy atom. The van der Waals surface area contributed by atoms with E-state index in [1.807, 2.05) is 6.07 Å². The van der Waals surface area contributed by atoms with Crippen LogP contribution >= 0.6 is 11.6 Å². The maximum Gasteiger partial charge on any atom is 0.321 e. The maximum absolute atomic E-state index is 14.5. The van der Waals surface area contributed by atoms with Crippen LogP contribution in [0.25, 0.3) is 0 Å². The van der Waals surface area contributed by atoms with Crippen LogP contribution in [0.15, 0.2) is 72.8 Å². The Hall–Kier alpha value is -3.58. The molecule has 0 unspecified atom stereocenters. The highest BCUT2D eigenvalue weighted by molar-refractivity contribution is 6.33. The second kappa shape index (κ2) is 8.99. The Morgan fingerprint density at radius 3 is 2.44 bits per heavy atom. The molecule has 3 aromatic carbocycles. The number of carbonyl (C=O) groups excluding carboxylic acids is 2. The van der Waals surface area contributed by atoms with E-state index >= 15 is 0 Å². The van der Waals surface area contributed by atoms with Gasteiger partial charge in [-0.25, -0.2) is 9.18 Å². The lowest BCUT2D eigenvalue weighted by atomic mass is 9.93. The number of nitrogens with zero attached hydrogens (tertiary/aromatic N) is 2. The van der Waals surface area contributed by atoms with Gasteiger partial charge in [0.1, 0.15) is 11.6 Å². The number of amides is 3. The molecule has 2 aliphatic heterocycles. The van der Waals surface area contributed by atoms with Gasteiger partial charge in [0.2, 0.25) is 0 Å². The number of para-hydroxylation sites is 2. The van der Waals surface area contributed by atoms with E-state index in [9.17, 15) is 14.0 Å². The summed E-state index contributed by atoms with van der Waals surface area (Å²) in [4.78, 5) is 29.7. The minimum absolute atomic E-state index is 0.0751. The molecule has 174 valence electrons. The van der Waals surface area contributed by atoms with E-state index in [0.29, 0.717) is 53.5 Å². The van der Waals surface area contributed by atoms with Crippen molar-refractivity contribution < 1.29 is 18.7 Å². The third kappa shape index (κ3) is 4.07. The number of ether oxygens (including phenoxy) is 1. The highest BCUT2D eigenvalue weighted by Crippen LogP contribution is 2.40. The largest absolute Gasteiger partial charge is 0.467 e. The summed E-state index contributed by atoms with van der Waals surface area (Å²) in [7, 11) is 0. The smallest absolute Gasteiger partial charge is 0.321 e. The summed E-state index contributed by atoms with van der Waals surface area (Å²) in [5.41, 5.74) is 0.420. The summed E-state index contributed by atoms with van der Waals surface area (Å²) in [5.74, 6) is -0.0776. The third-order valence-corrected chi connectivity index (χ3v) is 6.72. The van der Waals surface area contributed by atoms with Crippen molar-refractivity contribution >= 4 is 29.2 Å². The number of hydrogen-bond donors (Lipinski definition) is 1. The fourth-order valence-corrected chi connectivity index (χ4v) is 4.71. The Labute approximate surface area is 201 Å². The van der Waals surface area contributed by atoms with Crippen LogP contribution in [0.4, 0.5) is 14.9 Å². The van der Waals surface area contributed by atoms with E-state index in [4.69, 9.17) is 16.3 Å². The van der Waals surface area contributed by atoms with Crippen molar-refractivity contribution in [3.8, 4) is 5.75 Å². The van der Waals surface area contributed by atoms with Crippen molar-refractivity contribution in [3.63, 3.8) is 0 Å². The summed E-state index contributed by atoms with van der Waals surface area (Å²) < 4.78 is 20.9. The first-order valence-corrected chi connectivity index (χ1v) is 11.5. The molecule has 0 aromatic heterocycles. The highest BCUT2D eigenvalue weighted by atomic mass is 35.5. The van der Waals surface area contributed by atoms with Gasteiger partial charge < -0.3 is 15.0 Å². The number of hydrogen-bond acceptors (Lipinski definition) is 3. The number of urea groups is 1. The summed E-state index contributed by atoms with van der Waals surface area (Å²) in [5, 5.41) is 3.29. The van der Waals surface area contributed by atoms with Crippen LogP contribution < -0.4 is 10.1 Å². The normalized spacial score (nSPS) is 16.7. The Morgan fingerprint density at radius 2 is 1.68 bits per heavy atom. The lowest BCUT2D eigenvalue weighted by Crippen LogP contribution is -2.63. The van der Waals surface area contributed by atoms with Crippen LogP contribution in [-0.4, -0.2) is 40.6 Å². The molecule has 6 nitrogen and oxygen atoms in total. The number of rotatable bonds is 3. The lowest BCUT2D eigenvalue weighted by Gasteiger charge is -2.50. The van der Waals surface area contributed by atoms with E-state index < -0.39 is 5.72 Å². The molecule has 0 radical (unpaired) electrons. The summed E-state index contributed by atoms with van der Waals surface area (Å²) in [6, 6.07) is 20.3. The number of fused-ring (bicyclic) bond motifs is 1. The average Bonchev–Trinajstić information content (AvgIpc) is 2.85. The van der Waals surface area contributed by atoms with Gasteiger partial charge in [0.15, 0.2) is 5.72 Å². The van der Waals surface area contributed by atoms with E-state index in [0.717, 1.165) is 0 Å². The minimum atomic E-state index is -0.977. The number of benzene rings is 3. The van der Waals surface area contributed by atoms with Gasteiger partial charge >= 0.3 is 6.03 Å². The third-order valence-electron chi connectivity index (χ3n) is 6.39. The van der Waals surface area contributed by atoms with Crippen molar-refractivity contribution in [1.29, 1.82) is 0 Å². The number of halogens is 2. The molecule has 1 N–H and O–H groups in total. The van der Waals surface area contributed by atoms with Crippen molar-refractivity contribution in [2.24, 2.45) is 0 Å². The van der Waals surface area contributed by atoms with Crippen LogP contribution in [0.3, 0.4) is 0 Å². The lowest BCUT2D eigenvalue weighted by molar-refractivity contribution is -0.109. The zero-order valence-electron chi connectivity index (χ0n) is 18.3. The highest BCUT2D eigenvalue weighted by Gasteiger charge is 2.49. The van der Waals surface area contributed by atoms with E-state index in [2.05, 4.69) is 5.32 Å². The molecule has 0 saturated carbocycles. The minimum Gasteiger partial charge on any atom is -0.467 e. The zero-order chi connectivity index (χ0) is 23.7. The molecule has 2 heterocycles. The standard InChI is InChI=1S/C26H23ClFN3O3/c27-20-9-3-5-11-22(20)29-25(33)30-15-13-26(14-16-30)31(17-18-7-1-4-10-21(18)28)24(32)19-8-2-6-12-23(19)34-26/h1-12H,13-17H2,(H,29,33). The molecule has 0 atom stereocenters. The SMILES string of the molecule is O=C(Nc1ccccc1Cl)N1CCC2(CC1)Oc1ccccc1C(=O)N2Cc1ccccc1F. The summed E-state index contributed by atoms with van der Waals surface area (Å²) >= 11 is 6.17. The van der Waals surface area contributed by atoms with Crippen LogP contribution in [0.1, 0.15) is 28.8 Å². The van der Waals surface area contributed by atoms with Gasteiger partial charge in [-0.15, -0.1) is 0 Å². The Kier molecular flexibility index (Phi) is 5.87. The monoisotopic (exact) mass is 479 g/mol. The Bertz CT molecular complexity index is 1240. The molecule has 1 spiro atoms. The molecule has 3 amide bonds. The van der Waals surface area contributed by atoms with E-state index in [-0.39, 0.29) is 24.3 Å². The fourth-order valence-electron chi connectivity index (χ4n) is 4.52. The van der Waals surface area contributed by atoms with Gasteiger partial charge in [-0.3, -0.25) is 9.69 Å². The van der Waals surface area contributed by atoms with Crippen molar-refractivity contribution in [1.82, 2.24) is 9.80 Å². The van der Waals surface area contributed by atoms with Crippen LogP contribution in [0.2, 0.25) is 5.02 Å². The van der Waals surface area contributed by atoms with Gasteiger partial charge in [-0.1, -0.05) is 54.1 Å². The van der Waals surface area contributed by atoms with E-state index in [1.54, 1.807) is 70.5 Å². The number of carbonyl (C=O) groups is 2. The first kappa shape index (κ1) is 22.2. The number of anilines is 1. The molecule has 34 heavy (non-hydrogen) atoms. The molecule has 0 aliphatic carbocycles. The maximum atomic E-state index is 14.5. The number of likely N-dealkylation sites (tertiary alicyclic amines) is 1. The predicted octanol–water partition coefficient (Wildman–Crippen LogP) is 5.54. The number of nitrogens with one attached hydrogen (secondary N) is 1. The van der Waals surface area contributed by atoms with Gasteiger partial charge in [-0.2, -0.15) is 0 Å². The fraction of sp³-hybridized carbons (Fsp3) is 0.231. The molecular formula is C26H23ClFN3O3. The molecular weight excluding hydrogens is 457 g/mol. The first-order valence-electron chi connectivity index (χ1n) is 11.1. The predicted molar refractivity (Wildman–Crippen MR) is 127 cm³/mol.